The Morgan fingerprint density at radius 2 is 2.10 bits per heavy atom. The lowest BCUT2D eigenvalue weighted by atomic mass is 9.74. The van der Waals surface area contributed by atoms with E-state index in [-0.39, 0.29) is 12.0 Å². The van der Waals surface area contributed by atoms with Crippen LogP contribution >= 0.6 is 0 Å². The van der Waals surface area contributed by atoms with Crippen molar-refractivity contribution in [2.45, 2.75) is 32.1 Å². The molecule has 1 aromatic carbocycles. The van der Waals surface area contributed by atoms with Gasteiger partial charge in [0.25, 0.3) is 0 Å². The van der Waals surface area contributed by atoms with Crippen LogP contribution in [0.5, 0.6) is 0 Å². The number of oxazole rings is 1. The van der Waals surface area contributed by atoms with Crippen LogP contribution in [0.4, 0.5) is 11.4 Å². The Kier molecular flexibility index (Phi) is 3.63. The topological polar surface area (TPSA) is 104 Å². The zero-order valence-electron chi connectivity index (χ0n) is 11.9. The maximum absolute atomic E-state index is 11.2. The average molecular weight is 291 g/mol. The Morgan fingerprint density at radius 1 is 1.33 bits per heavy atom. The number of fused-ring (bicyclic) bond motifs is 1. The second kappa shape index (κ2) is 5.44. The van der Waals surface area contributed by atoms with Gasteiger partial charge in [-0.15, -0.1) is 0 Å². The molecule has 114 valence electrons. The summed E-state index contributed by atoms with van der Waals surface area (Å²) in [5.41, 5.74) is 8.31. The quantitative estimate of drug-likeness (QED) is 0.645. The summed E-state index contributed by atoms with van der Waals surface area (Å²) in [7, 11) is 0. The molecule has 0 saturated heterocycles. The first-order valence-corrected chi connectivity index (χ1v) is 7.39. The van der Waals surface area contributed by atoms with Crippen molar-refractivity contribution in [1.82, 2.24) is 4.98 Å². The van der Waals surface area contributed by atoms with Gasteiger partial charge in [0.05, 0.1) is 23.5 Å². The number of H-pyrrole nitrogens is 1. The number of anilines is 2. The molecular weight excluding hydrogens is 270 g/mol. The molecule has 3 rings (SSSR count). The first-order chi connectivity index (χ1) is 10.1. The van der Waals surface area contributed by atoms with E-state index in [0.29, 0.717) is 23.3 Å². The molecule has 2 aromatic rings. The molecule has 0 bridgehead atoms. The van der Waals surface area contributed by atoms with Gasteiger partial charge in [-0.3, -0.25) is 4.98 Å². The van der Waals surface area contributed by atoms with Gasteiger partial charge in [0, 0.05) is 18.0 Å². The van der Waals surface area contributed by atoms with Gasteiger partial charge in [0.2, 0.25) is 0 Å². The molecule has 6 nitrogen and oxygen atoms in total. The fourth-order valence-electron chi connectivity index (χ4n) is 3.14. The number of aromatic nitrogens is 1. The Morgan fingerprint density at radius 3 is 2.81 bits per heavy atom. The Hall–Kier alpha value is -1.95. The molecule has 0 unspecified atom stereocenters. The van der Waals surface area contributed by atoms with Crippen molar-refractivity contribution in [2.75, 3.05) is 24.2 Å². The van der Waals surface area contributed by atoms with E-state index < -0.39 is 5.76 Å². The molecule has 5 N–H and O–H groups in total. The van der Waals surface area contributed by atoms with E-state index in [1.165, 1.54) is 6.42 Å². The van der Waals surface area contributed by atoms with Crippen LogP contribution in [0.15, 0.2) is 21.3 Å². The smallest absolute Gasteiger partial charge is 0.408 e. The van der Waals surface area contributed by atoms with Crippen LogP contribution in [0.1, 0.15) is 32.1 Å². The van der Waals surface area contributed by atoms with Crippen LogP contribution < -0.4 is 16.8 Å². The van der Waals surface area contributed by atoms with Crippen molar-refractivity contribution in [2.24, 2.45) is 5.41 Å². The van der Waals surface area contributed by atoms with Gasteiger partial charge in [-0.1, -0.05) is 19.3 Å². The molecule has 1 heterocycles. The van der Waals surface area contributed by atoms with Gasteiger partial charge in [0.1, 0.15) is 0 Å². The number of nitrogen functional groups attached to an aromatic ring is 1. The first-order valence-electron chi connectivity index (χ1n) is 7.39. The lowest BCUT2D eigenvalue weighted by Gasteiger charge is -2.36. The van der Waals surface area contributed by atoms with Crippen molar-refractivity contribution in [3.8, 4) is 0 Å². The van der Waals surface area contributed by atoms with Crippen molar-refractivity contribution >= 4 is 22.5 Å². The summed E-state index contributed by atoms with van der Waals surface area (Å²) in [6.07, 6.45) is 5.62. The lowest BCUT2D eigenvalue weighted by Crippen LogP contribution is -2.35. The molecule has 1 aliphatic rings. The SMILES string of the molecule is Nc1cc2oc(=O)[nH]c2cc1NCC1(CO)CCCCC1. The largest absolute Gasteiger partial charge is 0.417 e. The average Bonchev–Trinajstić information content (AvgIpc) is 2.85. The fourth-order valence-corrected chi connectivity index (χ4v) is 3.14. The third-order valence-corrected chi connectivity index (χ3v) is 4.49. The second-order valence-corrected chi connectivity index (χ2v) is 6.02. The van der Waals surface area contributed by atoms with Crippen LogP contribution in [0.2, 0.25) is 0 Å². The van der Waals surface area contributed by atoms with Gasteiger partial charge >= 0.3 is 5.76 Å². The summed E-state index contributed by atoms with van der Waals surface area (Å²) >= 11 is 0. The van der Waals surface area contributed by atoms with Crippen LogP contribution in [0, 0.1) is 5.41 Å². The molecule has 1 aromatic heterocycles. The van der Waals surface area contributed by atoms with E-state index >= 15 is 0 Å². The summed E-state index contributed by atoms with van der Waals surface area (Å²) in [6.45, 7) is 0.867. The fraction of sp³-hybridized carbons (Fsp3) is 0.533. The maximum Gasteiger partial charge on any atom is 0.417 e. The lowest BCUT2D eigenvalue weighted by molar-refractivity contribution is 0.0944. The number of rotatable bonds is 4. The highest BCUT2D eigenvalue weighted by Crippen LogP contribution is 2.36. The molecular formula is C15H21N3O3. The molecule has 21 heavy (non-hydrogen) atoms. The van der Waals surface area contributed by atoms with Crippen LogP contribution in [-0.2, 0) is 0 Å². The number of nitrogens with two attached hydrogens (primary N) is 1. The number of aromatic amines is 1. The monoisotopic (exact) mass is 291 g/mol. The van der Waals surface area contributed by atoms with Crippen LogP contribution in [0.3, 0.4) is 0 Å². The molecule has 1 aliphatic carbocycles. The zero-order chi connectivity index (χ0) is 14.9. The molecule has 0 atom stereocenters. The summed E-state index contributed by atoms with van der Waals surface area (Å²) in [6, 6.07) is 3.42. The molecule has 6 heteroatoms. The standard InChI is InChI=1S/C15H21N3O3/c16-10-6-13-12(18-14(20)21-13)7-11(10)17-8-15(9-19)4-2-1-3-5-15/h6-7,17,19H,1-5,8-9,16H2,(H,18,20). The number of hydrogen-bond acceptors (Lipinski definition) is 5. The Balaban J connectivity index is 1.80. The van der Waals surface area contributed by atoms with Crippen LogP contribution in [0.25, 0.3) is 11.1 Å². The predicted molar refractivity (Wildman–Crippen MR) is 82.3 cm³/mol. The zero-order valence-corrected chi connectivity index (χ0v) is 11.9. The van der Waals surface area contributed by atoms with Crippen molar-refractivity contribution in [3.63, 3.8) is 0 Å². The van der Waals surface area contributed by atoms with Crippen molar-refractivity contribution < 1.29 is 9.52 Å². The number of aliphatic hydroxyl groups excluding tert-OH is 1. The van der Waals surface area contributed by atoms with E-state index in [1.807, 2.05) is 0 Å². The Labute approximate surface area is 122 Å². The van der Waals surface area contributed by atoms with Gasteiger partial charge in [-0.25, -0.2) is 4.79 Å². The molecule has 1 saturated carbocycles. The van der Waals surface area contributed by atoms with E-state index in [2.05, 4.69) is 10.3 Å². The van der Waals surface area contributed by atoms with E-state index in [9.17, 15) is 9.90 Å². The van der Waals surface area contributed by atoms with Crippen molar-refractivity contribution in [3.05, 3.63) is 22.7 Å². The molecule has 0 spiro atoms. The van der Waals surface area contributed by atoms with Gasteiger partial charge < -0.3 is 20.6 Å². The minimum atomic E-state index is -0.486. The van der Waals surface area contributed by atoms with E-state index in [4.69, 9.17) is 10.2 Å². The van der Waals surface area contributed by atoms with Gasteiger partial charge in [-0.2, -0.15) is 0 Å². The number of nitrogens with one attached hydrogen (secondary N) is 2. The third kappa shape index (κ3) is 2.76. The minimum Gasteiger partial charge on any atom is -0.408 e. The van der Waals surface area contributed by atoms with Gasteiger partial charge in [0.15, 0.2) is 5.58 Å². The number of benzene rings is 1. The second-order valence-electron chi connectivity index (χ2n) is 6.02. The molecule has 0 radical (unpaired) electrons. The van der Waals surface area contributed by atoms with E-state index in [1.54, 1.807) is 12.1 Å². The molecule has 0 aliphatic heterocycles. The highest BCUT2D eigenvalue weighted by molar-refractivity contribution is 5.85. The Bertz CT molecular complexity index is 683. The minimum absolute atomic E-state index is 0.0660. The highest BCUT2D eigenvalue weighted by atomic mass is 16.4. The van der Waals surface area contributed by atoms with Gasteiger partial charge in [-0.05, 0) is 18.9 Å². The van der Waals surface area contributed by atoms with E-state index in [0.717, 1.165) is 31.4 Å². The van der Waals surface area contributed by atoms with Crippen molar-refractivity contribution in [1.29, 1.82) is 0 Å². The summed E-state index contributed by atoms with van der Waals surface area (Å²) in [5.74, 6) is -0.486. The number of hydrogen-bond donors (Lipinski definition) is 4. The van der Waals surface area contributed by atoms with Crippen LogP contribution in [-0.4, -0.2) is 23.2 Å². The highest BCUT2D eigenvalue weighted by Gasteiger charge is 2.31. The molecule has 1 fully saturated rings. The predicted octanol–water partition coefficient (Wildman–Crippen LogP) is 2.06. The first kappa shape index (κ1) is 14.0. The third-order valence-electron chi connectivity index (χ3n) is 4.49. The normalized spacial score (nSPS) is 18.0. The number of aliphatic hydroxyl groups is 1. The summed E-state index contributed by atoms with van der Waals surface area (Å²) in [5, 5.41) is 13.1. The molecule has 0 amide bonds. The maximum atomic E-state index is 11.2. The summed E-state index contributed by atoms with van der Waals surface area (Å²) in [4.78, 5) is 13.8. The summed E-state index contributed by atoms with van der Waals surface area (Å²) < 4.78 is 4.98.